The number of amides is 1. The van der Waals surface area contributed by atoms with Crippen LogP contribution < -0.4 is 10.6 Å². The number of hydrogen-bond donors (Lipinski definition) is 2. The van der Waals surface area contributed by atoms with Crippen LogP contribution >= 0.6 is 0 Å². The largest absolute Gasteiger partial charge is 0.359 e. The Bertz CT molecular complexity index is 394. The van der Waals surface area contributed by atoms with Gasteiger partial charge in [-0.2, -0.15) is 0 Å². The van der Waals surface area contributed by atoms with Gasteiger partial charge in [0.1, 0.15) is 0 Å². The third-order valence-electron chi connectivity index (χ3n) is 3.25. The molecule has 1 aliphatic rings. The zero-order valence-corrected chi connectivity index (χ0v) is 10.4. The highest BCUT2D eigenvalue weighted by molar-refractivity contribution is 5.82. The SMILES string of the molecule is Cc1cc(CNC(=O)C2(C)CCCNC2)on1. The average molecular weight is 237 g/mol. The predicted octanol–water partition coefficient (Wildman–Crippen LogP) is 0.989. The molecule has 0 aromatic carbocycles. The Morgan fingerprint density at radius 2 is 2.53 bits per heavy atom. The minimum absolute atomic E-state index is 0.0822. The van der Waals surface area contributed by atoms with E-state index in [0.29, 0.717) is 12.3 Å². The van der Waals surface area contributed by atoms with Crippen LogP contribution in [0.5, 0.6) is 0 Å². The van der Waals surface area contributed by atoms with Crippen molar-refractivity contribution in [3.05, 3.63) is 17.5 Å². The maximum absolute atomic E-state index is 12.1. The number of aryl methyl sites for hydroxylation is 1. The molecule has 2 N–H and O–H groups in total. The molecule has 1 fully saturated rings. The molecule has 0 aliphatic carbocycles. The number of hydrogen-bond acceptors (Lipinski definition) is 4. The quantitative estimate of drug-likeness (QED) is 0.822. The lowest BCUT2D eigenvalue weighted by Crippen LogP contribution is -2.48. The van der Waals surface area contributed by atoms with E-state index in [1.165, 1.54) is 0 Å². The number of carbonyl (C=O) groups is 1. The van der Waals surface area contributed by atoms with Gasteiger partial charge in [0.2, 0.25) is 5.91 Å². The van der Waals surface area contributed by atoms with Gasteiger partial charge < -0.3 is 15.2 Å². The Hall–Kier alpha value is -1.36. The van der Waals surface area contributed by atoms with Gasteiger partial charge in [-0.05, 0) is 33.2 Å². The minimum atomic E-state index is -0.298. The number of rotatable bonds is 3. The first-order chi connectivity index (χ1) is 8.10. The van der Waals surface area contributed by atoms with Crippen molar-refractivity contribution >= 4 is 5.91 Å². The molecule has 0 saturated carbocycles. The molecule has 1 unspecified atom stereocenters. The molecule has 1 aromatic heterocycles. The summed E-state index contributed by atoms with van der Waals surface area (Å²) in [7, 11) is 0. The van der Waals surface area contributed by atoms with Gasteiger partial charge in [0.05, 0.1) is 17.7 Å². The van der Waals surface area contributed by atoms with Crippen molar-refractivity contribution in [2.75, 3.05) is 13.1 Å². The second-order valence-electron chi connectivity index (χ2n) is 4.96. The van der Waals surface area contributed by atoms with Crippen LogP contribution in [0.15, 0.2) is 10.6 Å². The van der Waals surface area contributed by atoms with Crippen molar-refractivity contribution in [1.29, 1.82) is 0 Å². The van der Waals surface area contributed by atoms with Gasteiger partial charge in [0.25, 0.3) is 0 Å². The number of piperidine rings is 1. The lowest BCUT2D eigenvalue weighted by atomic mass is 9.82. The van der Waals surface area contributed by atoms with Crippen molar-refractivity contribution in [2.24, 2.45) is 5.41 Å². The lowest BCUT2D eigenvalue weighted by molar-refractivity contribution is -0.131. The summed E-state index contributed by atoms with van der Waals surface area (Å²) in [5, 5.41) is 9.96. The van der Waals surface area contributed by atoms with Crippen molar-refractivity contribution < 1.29 is 9.32 Å². The number of carbonyl (C=O) groups excluding carboxylic acids is 1. The van der Waals surface area contributed by atoms with E-state index in [2.05, 4.69) is 15.8 Å². The van der Waals surface area contributed by atoms with Gasteiger partial charge in [-0.15, -0.1) is 0 Å². The van der Waals surface area contributed by atoms with Crippen LogP contribution in [0.1, 0.15) is 31.2 Å². The fraction of sp³-hybridized carbons (Fsp3) is 0.667. The van der Waals surface area contributed by atoms with E-state index >= 15 is 0 Å². The summed E-state index contributed by atoms with van der Waals surface area (Å²) in [6.07, 6.45) is 1.98. The van der Waals surface area contributed by atoms with E-state index in [1.807, 2.05) is 19.9 Å². The molecule has 1 aliphatic heterocycles. The number of aromatic nitrogens is 1. The molecule has 1 aromatic rings. The molecule has 17 heavy (non-hydrogen) atoms. The Labute approximate surface area is 101 Å². The molecule has 1 saturated heterocycles. The van der Waals surface area contributed by atoms with E-state index in [-0.39, 0.29) is 11.3 Å². The van der Waals surface area contributed by atoms with Crippen molar-refractivity contribution in [1.82, 2.24) is 15.8 Å². The smallest absolute Gasteiger partial charge is 0.227 e. The molecule has 5 nitrogen and oxygen atoms in total. The van der Waals surface area contributed by atoms with Crippen molar-refractivity contribution in [3.63, 3.8) is 0 Å². The van der Waals surface area contributed by atoms with Gasteiger partial charge in [-0.1, -0.05) is 5.16 Å². The highest BCUT2D eigenvalue weighted by Gasteiger charge is 2.34. The average Bonchev–Trinajstić information content (AvgIpc) is 2.73. The molecule has 5 heteroatoms. The molecular formula is C12H19N3O2. The summed E-state index contributed by atoms with van der Waals surface area (Å²) in [6.45, 7) is 6.02. The summed E-state index contributed by atoms with van der Waals surface area (Å²) < 4.78 is 5.05. The Morgan fingerprint density at radius 3 is 3.12 bits per heavy atom. The monoisotopic (exact) mass is 237 g/mol. The van der Waals surface area contributed by atoms with Gasteiger partial charge in [-0.25, -0.2) is 0 Å². The molecule has 0 spiro atoms. The lowest BCUT2D eigenvalue weighted by Gasteiger charge is -2.32. The maximum Gasteiger partial charge on any atom is 0.227 e. The molecule has 94 valence electrons. The van der Waals surface area contributed by atoms with Gasteiger partial charge in [0, 0.05) is 12.6 Å². The van der Waals surface area contributed by atoms with E-state index < -0.39 is 0 Å². The van der Waals surface area contributed by atoms with Crippen LogP contribution in [0, 0.1) is 12.3 Å². The predicted molar refractivity (Wildman–Crippen MR) is 63.3 cm³/mol. The first-order valence-corrected chi connectivity index (χ1v) is 6.01. The zero-order valence-electron chi connectivity index (χ0n) is 10.4. The zero-order chi connectivity index (χ0) is 12.3. The van der Waals surface area contributed by atoms with Crippen molar-refractivity contribution in [2.45, 2.75) is 33.2 Å². The first kappa shape index (κ1) is 12.1. The number of nitrogens with one attached hydrogen (secondary N) is 2. The molecule has 1 amide bonds. The Kier molecular flexibility index (Phi) is 3.47. The minimum Gasteiger partial charge on any atom is -0.359 e. The third kappa shape index (κ3) is 2.85. The summed E-state index contributed by atoms with van der Waals surface area (Å²) in [6, 6.07) is 1.84. The van der Waals surface area contributed by atoms with Gasteiger partial charge in [0.15, 0.2) is 5.76 Å². The maximum atomic E-state index is 12.1. The second kappa shape index (κ2) is 4.87. The fourth-order valence-electron chi connectivity index (χ4n) is 2.13. The molecule has 1 atom stereocenters. The Morgan fingerprint density at radius 1 is 1.71 bits per heavy atom. The normalized spacial score (nSPS) is 24.6. The second-order valence-corrected chi connectivity index (χ2v) is 4.96. The molecular weight excluding hydrogens is 218 g/mol. The Balaban J connectivity index is 1.88. The topological polar surface area (TPSA) is 67.2 Å². The molecule has 2 heterocycles. The number of nitrogens with zero attached hydrogens (tertiary/aromatic N) is 1. The fourth-order valence-corrected chi connectivity index (χ4v) is 2.13. The van der Waals surface area contributed by atoms with Gasteiger partial charge in [-0.3, -0.25) is 4.79 Å². The highest BCUT2D eigenvalue weighted by atomic mass is 16.5. The standard InChI is InChI=1S/C12H19N3O2/c1-9-6-10(17-15-9)7-14-11(16)12(2)4-3-5-13-8-12/h6,13H,3-5,7-8H2,1-2H3,(H,14,16). The highest BCUT2D eigenvalue weighted by Crippen LogP contribution is 2.25. The summed E-state index contributed by atoms with van der Waals surface area (Å²) >= 11 is 0. The third-order valence-corrected chi connectivity index (χ3v) is 3.25. The van der Waals surface area contributed by atoms with E-state index in [0.717, 1.165) is 31.6 Å². The summed E-state index contributed by atoms with van der Waals surface area (Å²) in [4.78, 5) is 12.1. The molecule has 0 bridgehead atoms. The van der Waals surface area contributed by atoms with E-state index in [4.69, 9.17) is 4.52 Å². The van der Waals surface area contributed by atoms with Crippen LogP contribution in [-0.2, 0) is 11.3 Å². The van der Waals surface area contributed by atoms with Crippen LogP contribution in [0.25, 0.3) is 0 Å². The van der Waals surface area contributed by atoms with Crippen LogP contribution in [0.2, 0.25) is 0 Å². The van der Waals surface area contributed by atoms with Crippen molar-refractivity contribution in [3.8, 4) is 0 Å². The van der Waals surface area contributed by atoms with Crippen LogP contribution in [0.4, 0.5) is 0 Å². The van der Waals surface area contributed by atoms with E-state index in [1.54, 1.807) is 0 Å². The molecule has 0 radical (unpaired) electrons. The summed E-state index contributed by atoms with van der Waals surface area (Å²) in [5.74, 6) is 0.780. The van der Waals surface area contributed by atoms with Crippen LogP contribution in [0.3, 0.4) is 0 Å². The first-order valence-electron chi connectivity index (χ1n) is 6.01. The van der Waals surface area contributed by atoms with Crippen LogP contribution in [-0.4, -0.2) is 24.2 Å². The molecule has 2 rings (SSSR count). The van der Waals surface area contributed by atoms with Gasteiger partial charge >= 0.3 is 0 Å². The van der Waals surface area contributed by atoms with E-state index in [9.17, 15) is 4.79 Å². The summed E-state index contributed by atoms with van der Waals surface area (Å²) in [5.41, 5.74) is 0.535.